The Bertz CT molecular complexity index is 572. The third-order valence-corrected chi connectivity index (χ3v) is 3.58. The van der Waals surface area contributed by atoms with Gasteiger partial charge in [0.2, 0.25) is 5.91 Å². The zero-order valence-corrected chi connectivity index (χ0v) is 10.9. The summed E-state index contributed by atoms with van der Waals surface area (Å²) < 4.78 is 0. The molecule has 2 aromatic rings. The van der Waals surface area contributed by atoms with E-state index in [9.17, 15) is 4.79 Å². The minimum absolute atomic E-state index is 0.256. The van der Waals surface area contributed by atoms with Gasteiger partial charge in [-0.2, -0.15) is 0 Å². The Morgan fingerprint density at radius 3 is 3.00 bits per heavy atom. The van der Waals surface area contributed by atoms with Crippen molar-refractivity contribution in [3.8, 4) is 0 Å². The van der Waals surface area contributed by atoms with Crippen molar-refractivity contribution in [1.82, 2.24) is 20.2 Å². The molecule has 0 saturated carbocycles. The average molecular weight is 258 g/mol. The second kappa shape index (κ2) is 5.40. The summed E-state index contributed by atoms with van der Waals surface area (Å²) >= 11 is 0. The lowest BCUT2D eigenvalue weighted by Gasteiger charge is -2.27. The van der Waals surface area contributed by atoms with Crippen LogP contribution in [0.3, 0.4) is 0 Å². The molecule has 1 amide bonds. The molecule has 1 aromatic carbocycles. The fourth-order valence-corrected chi connectivity index (χ4v) is 2.46. The van der Waals surface area contributed by atoms with E-state index in [0.717, 1.165) is 43.6 Å². The van der Waals surface area contributed by atoms with Crippen LogP contribution in [0.4, 0.5) is 0 Å². The second-order valence-electron chi connectivity index (χ2n) is 4.88. The zero-order valence-electron chi connectivity index (χ0n) is 10.9. The Kier molecular flexibility index (Phi) is 3.46. The van der Waals surface area contributed by atoms with Crippen molar-refractivity contribution in [2.45, 2.75) is 12.8 Å². The molecule has 0 atom stereocenters. The van der Waals surface area contributed by atoms with Crippen molar-refractivity contribution in [2.24, 2.45) is 0 Å². The monoisotopic (exact) mass is 258 g/mol. The molecule has 0 unspecified atom stereocenters. The molecule has 2 N–H and O–H groups in total. The van der Waals surface area contributed by atoms with Gasteiger partial charge in [-0.05, 0) is 24.1 Å². The largest absolute Gasteiger partial charge is 0.345 e. The Morgan fingerprint density at radius 2 is 2.16 bits per heavy atom. The lowest BCUT2D eigenvalue weighted by Crippen LogP contribution is -2.46. The second-order valence-corrected chi connectivity index (χ2v) is 4.88. The van der Waals surface area contributed by atoms with Crippen LogP contribution in [-0.2, 0) is 11.2 Å². The standard InChI is InChI=1S/C14H18N4O/c19-14(18-7-5-15-6-8-18)4-2-11-1-3-12-13(9-11)17-10-16-12/h1,3,9-10,15H,2,4-8H2,(H,16,17). The molecular formula is C14H18N4O. The number of H-pyrrole nitrogens is 1. The first-order chi connectivity index (χ1) is 9.33. The fourth-order valence-electron chi connectivity index (χ4n) is 2.46. The highest BCUT2D eigenvalue weighted by Gasteiger charge is 2.15. The molecule has 1 aliphatic rings. The van der Waals surface area contributed by atoms with Crippen LogP contribution in [0.25, 0.3) is 11.0 Å². The first-order valence-corrected chi connectivity index (χ1v) is 6.73. The number of nitrogens with zero attached hydrogens (tertiary/aromatic N) is 2. The number of nitrogens with one attached hydrogen (secondary N) is 2. The summed E-state index contributed by atoms with van der Waals surface area (Å²) in [6.45, 7) is 3.48. The van der Waals surface area contributed by atoms with Crippen LogP contribution in [-0.4, -0.2) is 47.0 Å². The number of carbonyl (C=O) groups excluding carboxylic acids is 1. The number of piperazine rings is 1. The predicted octanol–water partition coefficient (Wildman–Crippen LogP) is 0.927. The van der Waals surface area contributed by atoms with E-state index in [-0.39, 0.29) is 5.91 Å². The molecule has 1 aromatic heterocycles. The van der Waals surface area contributed by atoms with Gasteiger partial charge in [-0.15, -0.1) is 0 Å². The molecule has 0 spiro atoms. The first-order valence-electron chi connectivity index (χ1n) is 6.73. The number of aromatic amines is 1. The molecule has 100 valence electrons. The summed E-state index contributed by atoms with van der Waals surface area (Å²) in [6.07, 6.45) is 3.07. The number of imidazole rings is 1. The number of hydrogen-bond donors (Lipinski definition) is 2. The highest BCUT2D eigenvalue weighted by molar-refractivity contribution is 5.77. The van der Waals surface area contributed by atoms with E-state index in [0.29, 0.717) is 6.42 Å². The molecule has 19 heavy (non-hydrogen) atoms. The van der Waals surface area contributed by atoms with Gasteiger partial charge in [0.25, 0.3) is 0 Å². The van der Waals surface area contributed by atoms with E-state index in [1.54, 1.807) is 6.33 Å². The van der Waals surface area contributed by atoms with E-state index in [1.807, 2.05) is 17.0 Å². The van der Waals surface area contributed by atoms with Gasteiger partial charge in [0.05, 0.1) is 17.4 Å². The van der Waals surface area contributed by atoms with Crippen LogP contribution >= 0.6 is 0 Å². The molecule has 3 rings (SSSR count). The first kappa shape index (κ1) is 12.2. The maximum atomic E-state index is 12.1. The van der Waals surface area contributed by atoms with Gasteiger partial charge >= 0.3 is 0 Å². The van der Waals surface area contributed by atoms with Gasteiger partial charge in [0.1, 0.15) is 0 Å². The van der Waals surface area contributed by atoms with Crippen molar-refractivity contribution < 1.29 is 4.79 Å². The minimum atomic E-state index is 0.256. The molecular weight excluding hydrogens is 240 g/mol. The van der Waals surface area contributed by atoms with E-state index in [2.05, 4.69) is 21.4 Å². The predicted molar refractivity (Wildman–Crippen MR) is 73.9 cm³/mol. The summed E-state index contributed by atoms with van der Waals surface area (Å²) in [5, 5.41) is 3.26. The van der Waals surface area contributed by atoms with Crippen LogP contribution < -0.4 is 5.32 Å². The van der Waals surface area contributed by atoms with Crippen molar-refractivity contribution in [3.63, 3.8) is 0 Å². The van der Waals surface area contributed by atoms with Crippen LogP contribution in [0.15, 0.2) is 24.5 Å². The summed E-state index contributed by atoms with van der Waals surface area (Å²) in [5.41, 5.74) is 3.18. The molecule has 1 saturated heterocycles. The molecule has 5 heteroatoms. The third-order valence-electron chi connectivity index (χ3n) is 3.58. The smallest absolute Gasteiger partial charge is 0.222 e. The lowest BCUT2D eigenvalue weighted by molar-refractivity contribution is -0.131. The number of carbonyl (C=O) groups is 1. The van der Waals surface area contributed by atoms with Crippen LogP contribution in [0.1, 0.15) is 12.0 Å². The molecule has 0 bridgehead atoms. The quantitative estimate of drug-likeness (QED) is 0.861. The minimum Gasteiger partial charge on any atom is -0.345 e. The number of aryl methyl sites for hydroxylation is 1. The summed E-state index contributed by atoms with van der Waals surface area (Å²) in [6, 6.07) is 6.12. The highest BCUT2D eigenvalue weighted by Crippen LogP contribution is 2.13. The number of benzene rings is 1. The van der Waals surface area contributed by atoms with Crippen molar-refractivity contribution in [1.29, 1.82) is 0 Å². The van der Waals surface area contributed by atoms with Gasteiger partial charge in [-0.1, -0.05) is 6.07 Å². The van der Waals surface area contributed by atoms with Crippen LogP contribution in [0.5, 0.6) is 0 Å². The zero-order chi connectivity index (χ0) is 13.1. The number of aromatic nitrogens is 2. The fraction of sp³-hybridized carbons (Fsp3) is 0.429. The van der Waals surface area contributed by atoms with Gasteiger partial charge in [-0.25, -0.2) is 4.98 Å². The number of hydrogen-bond acceptors (Lipinski definition) is 3. The molecule has 1 fully saturated rings. The topological polar surface area (TPSA) is 61.0 Å². The molecule has 0 aliphatic carbocycles. The highest BCUT2D eigenvalue weighted by atomic mass is 16.2. The van der Waals surface area contributed by atoms with Crippen LogP contribution in [0, 0.1) is 0 Å². The molecule has 5 nitrogen and oxygen atoms in total. The van der Waals surface area contributed by atoms with Gasteiger partial charge in [-0.3, -0.25) is 4.79 Å². The van der Waals surface area contributed by atoms with Crippen molar-refractivity contribution >= 4 is 16.9 Å². The Morgan fingerprint density at radius 1 is 1.32 bits per heavy atom. The van der Waals surface area contributed by atoms with Gasteiger partial charge in [0, 0.05) is 32.6 Å². The lowest BCUT2D eigenvalue weighted by atomic mass is 10.1. The maximum absolute atomic E-state index is 12.1. The van der Waals surface area contributed by atoms with Gasteiger partial charge < -0.3 is 15.2 Å². The van der Waals surface area contributed by atoms with Crippen molar-refractivity contribution in [2.75, 3.05) is 26.2 Å². The SMILES string of the molecule is O=C(CCc1ccc2nc[nH]c2c1)N1CCNCC1. The summed E-state index contributed by atoms with van der Waals surface area (Å²) in [5.74, 6) is 0.256. The third kappa shape index (κ3) is 2.76. The van der Waals surface area contributed by atoms with Gasteiger partial charge in [0.15, 0.2) is 0 Å². The maximum Gasteiger partial charge on any atom is 0.222 e. The number of fused-ring (bicyclic) bond motifs is 1. The Hall–Kier alpha value is -1.88. The number of rotatable bonds is 3. The van der Waals surface area contributed by atoms with E-state index >= 15 is 0 Å². The molecule has 1 aliphatic heterocycles. The van der Waals surface area contributed by atoms with E-state index in [1.165, 1.54) is 5.56 Å². The Labute approximate surface area is 112 Å². The Balaban J connectivity index is 1.60. The average Bonchev–Trinajstić information content (AvgIpc) is 2.93. The molecule has 0 radical (unpaired) electrons. The molecule has 2 heterocycles. The van der Waals surface area contributed by atoms with E-state index < -0.39 is 0 Å². The van der Waals surface area contributed by atoms with Crippen molar-refractivity contribution in [3.05, 3.63) is 30.1 Å². The van der Waals surface area contributed by atoms with Crippen LogP contribution in [0.2, 0.25) is 0 Å². The van der Waals surface area contributed by atoms with E-state index in [4.69, 9.17) is 0 Å². The normalized spacial score (nSPS) is 15.9. The number of amides is 1. The summed E-state index contributed by atoms with van der Waals surface area (Å²) in [7, 11) is 0. The summed E-state index contributed by atoms with van der Waals surface area (Å²) in [4.78, 5) is 21.3.